The molecule has 0 atom stereocenters. The van der Waals surface area contributed by atoms with Gasteiger partial charge in [0.05, 0.1) is 0 Å². The molecule has 0 saturated heterocycles. The van der Waals surface area contributed by atoms with Crippen LogP contribution in [-0.2, 0) is 46.8 Å². The molecule has 0 nitrogen and oxygen atoms in total. The Morgan fingerprint density at radius 2 is 1.00 bits per heavy atom. The van der Waals surface area contributed by atoms with Gasteiger partial charge in [0.15, 0.2) is 0 Å². The van der Waals surface area contributed by atoms with Gasteiger partial charge in [0.25, 0.3) is 0 Å². The topological polar surface area (TPSA) is 0 Å². The summed E-state index contributed by atoms with van der Waals surface area (Å²) in [5.74, 6) is 0. The first-order chi connectivity index (χ1) is 0. The Morgan fingerprint density at radius 1 is 1.00 bits per heavy atom. The summed E-state index contributed by atoms with van der Waals surface area (Å²) in [6.07, 6.45) is 0. The summed E-state index contributed by atoms with van der Waals surface area (Å²) in [6, 6.07) is 0. The Kier molecular flexibility index (Phi) is 137. The van der Waals surface area contributed by atoms with Gasteiger partial charge in [0.1, 0.15) is 0 Å². The molecular formula is H6CdSiTeZn. The third-order valence-electron chi connectivity index (χ3n) is 0. The van der Waals surface area contributed by atoms with E-state index in [-0.39, 0.29) is 81.4 Å². The molecule has 0 heterocycles. The first-order valence-electron chi connectivity index (χ1n) is 0. The van der Waals surface area contributed by atoms with Crippen molar-refractivity contribution in [3.05, 3.63) is 0 Å². The Balaban J connectivity index is 0. The zero-order valence-corrected chi connectivity index (χ0v) is 11.8. The van der Waals surface area contributed by atoms with Gasteiger partial charge in [-0.25, -0.2) is 0 Å². The molecule has 0 aliphatic heterocycles. The fraction of sp³-hybridized carbons (Fsp3) is 0. The predicted molar refractivity (Wildman–Crippen MR) is 19.9 cm³/mol. The van der Waals surface area contributed by atoms with Crippen LogP contribution in [-0.4, -0.2) is 34.6 Å². The van der Waals surface area contributed by atoms with Gasteiger partial charge in [0, 0.05) is 46.8 Å². The van der Waals surface area contributed by atoms with Crippen molar-refractivity contribution < 1.29 is 46.8 Å². The average Bonchev–Trinajstić information content (AvgIpc) is 0. The third-order valence-corrected chi connectivity index (χ3v) is 0. The van der Waals surface area contributed by atoms with Crippen LogP contribution in [0.25, 0.3) is 0 Å². The molecule has 0 unspecified atom stereocenters. The molecule has 4 heavy (non-hydrogen) atoms. The van der Waals surface area contributed by atoms with E-state index < -0.39 is 0 Å². The molecular weight excluding hydrogens is 333 g/mol. The standard InChI is InChI=1S/Cd.H4Si.H2Te.Zn/h;1H4;1H2;. The van der Waals surface area contributed by atoms with E-state index in [1.54, 1.807) is 0 Å². The molecule has 0 fully saturated rings. The van der Waals surface area contributed by atoms with Crippen LogP contribution in [0.4, 0.5) is 0 Å². The Bertz CT molecular complexity index is 8.00. The van der Waals surface area contributed by atoms with E-state index in [4.69, 9.17) is 0 Å². The van der Waals surface area contributed by atoms with E-state index in [9.17, 15) is 0 Å². The molecule has 0 radical (unpaired) electrons. The second-order valence-electron chi connectivity index (χ2n) is 0. The smallest absolute Gasteiger partial charge is 0 e. The van der Waals surface area contributed by atoms with E-state index in [0.29, 0.717) is 0 Å². The van der Waals surface area contributed by atoms with Crippen LogP contribution in [0.5, 0.6) is 0 Å². The van der Waals surface area contributed by atoms with Gasteiger partial charge in [-0.1, -0.05) is 0 Å². The summed E-state index contributed by atoms with van der Waals surface area (Å²) in [6.45, 7) is 0. The fourth-order valence-corrected chi connectivity index (χ4v) is 0. The summed E-state index contributed by atoms with van der Waals surface area (Å²) in [5, 5.41) is 0. The minimum atomic E-state index is 0. The second-order valence-corrected chi connectivity index (χ2v) is 0. The quantitative estimate of drug-likeness (QED) is 0.433. The molecule has 0 aliphatic carbocycles. The summed E-state index contributed by atoms with van der Waals surface area (Å²) in [7, 11) is 0. The van der Waals surface area contributed by atoms with Crippen LogP contribution < -0.4 is 0 Å². The molecule has 0 aliphatic rings. The Labute approximate surface area is 80.2 Å². The van der Waals surface area contributed by atoms with Crippen molar-refractivity contribution in [2.75, 3.05) is 0 Å². The number of rotatable bonds is 0. The van der Waals surface area contributed by atoms with E-state index in [0.717, 1.165) is 0 Å². The van der Waals surface area contributed by atoms with Crippen molar-refractivity contribution in [3.8, 4) is 0 Å². The molecule has 0 saturated carbocycles. The molecule has 0 spiro atoms. The zero-order chi connectivity index (χ0) is 0. The number of hydrogen-bond acceptors (Lipinski definition) is 0. The number of hydrogen-bond donors (Lipinski definition) is 0. The molecule has 0 rings (SSSR count). The monoisotopic (exact) mass is 342 g/mol. The van der Waals surface area contributed by atoms with Gasteiger partial charge in [-0.15, -0.1) is 0 Å². The molecule has 0 amide bonds. The van der Waals surface area contributed by atoms with Gasteiger partial charge < -0.3 is 0 Å². The summed E-state index contributed by atoms with van der Waals surface area (Å²) in [5.41, 5.74) is 0. The third kappa shape index (κ3) is 8.82. The van der Waals surface area contributed by atoms with Crippen LogP contribution in [0.3, 0.4) is 0 Å². The Morgan fingerprint density at radius 3 is 1.00 bits per heavy atom. The van der Waals surface area contributed by atoms with Crippen molar-refractivity contribution in [1.29, 1.82) is 0 Å². The van der Waals surface area contributed by atoms with Gasteiger partial charge in [-0.3, -0.25) is 0 Å². The minimum Gasteiger partial charge on any atom is 0 e. The molecule has 4 heteroatoms. The molecule has 0 aromatic heterocycles. The normalized spacial score (nSPS) is 0. The first-order valence-corrected chi connectivity index (χ1v) is 0. The van der Waals surface area contributed by atoms with Crippen molar-refractivity contribution in [2.24, 2.45) is 0 Å². The summed E-state index contributed by atoms with van der Waals surface area (Å²) < 4.78 is 0. The van der Waals surface area contributed by atoms with Crippen LogP contribution in [0, 0.1) is 0 Å². The van der Waals surface area contributed by atoms with Crippen LogP contribution in [0.2, 0.25) is 0 Å². The van der Waals surface area contributed by atoms with Crippen LogP contribution in [0.1, 0.15) is 0 Å². The summed E-state index contributed by atoms with van der Waals surface area (Å²) in [4.78, 5) is 0. The largest absolute Gasteiger partial charge is 0 e. The molecule has 0 bridgehead atoms. The first kappa shape index (κ1) is 31.0. The van der Waals surface area contributed by atoms with E-state index in [1.807, 2.05) is 0 Å². The SMILES string of the molecule is [Cd].[SiH4].[TeH2].[Zn]. The maximum Gasteiger partial charge on any atom is 0 e. The van der Waals surface area contributed by atoms with Crippen molar-refractivity contribution in [2.45, 2.75) is 0 Å². The summed E-state index contributed by atoms with van der Waals surface area (Å²) >= 11 is 0. The van der Waals surface area contributed by atoms with Gasteiger partial charge in [0.2, 0.25) is 0 Å². The molecule has 0 aromatic rings. The van der Waals surface area contributed by atoms with E-state index in [1.165, 1.54) is 0 Å². The average molecular weight is 340 g/mol. The van der Waals surface area contributed by atoms with Crippen molar-refractivity contribution in [3.63, 3.8) is 0 Å². The molecule has 0 aromatic carbocycles. The predicted octanol–water partition coefficient (Wildman–Crippen LogP) is -2.37. The Hall–Kier alpha value is 2.55. The molecule has 0 N–H and O–H groups in total. The second kappa shape index (κ2) is 17.7. The maximum atomic E-state index is 0. The van der Waals surface area contributed by atoms with Gasteiger partial charge >= 0.3 is 23.7 Å². The van der Waals surface area contributed by atoms with E-state index in [2.05, 4.69) is 0 Å². The zero-order valence-electron chi connectivity index (χ0n) is 1.91. The molecule has 20 valence electrons. The van der Waals surface area contributed by atoms with Crippen LogP contribution >= 0.6 is 0 Å². The van der Waals surface area contributed by atoms with Crippen LogP contribution in [0.15, 0.2) is 0 Å². The van der Waals surface area contributed by atoms with Crippen molar-refractivity contribution in [1.82, 2.24) is 0 Å². The van der Waals surface area contributed by atoms with Gasteiger partial charge in [-0.05, 0) is 11.0 Å². The minimum absolute atomic E-state index is 0. The fourth-order valence-electron chi connectivity index (χ4n) is 0. The van der Waals surface area contributed by atoms with E-state index >= 15 is 0 Å². The van der Waals surface area contributed by atoms with Crippen molar-refractivity contribution >= 4 is 34.6 Å². The van der Waals surface area contributed by atoms with Gasteiger partial charge in [-0.2, -0.15) is 0 Å². The maximum absolute atomic E-state index is 0.